The number of amides is 1. The van der Waals surface area contributed by atoms with Gasteiger partial charge in [-0.1, -0.05) is 20.3 Å². The molecule has 0 heterocycles. The molecule has 0 aromatic heterocycles. The van der Waals surface area contributed by atoms with Crippen molar-refractivity contribution in [1.82, 2.24) is 5.32 Å². The summed E-state index contributed by atoms with van der Waals surface area (Å²) in [7, 11) is 0. The van der Waals surface area contributed by atoms with Crippen molar-refractivity contribution >= 4 is 23.6 Å². The van der Waals surface area contributed by atoms with Gasteiger partial charge in [0, 0.05) is 6.04 Å². The monoisotopic (exact) mass is 259 g/mol. The highest BCUT2D eigenvalue weighted by Crippen LogP contribution is 2.33. The normalized spacial score (nSPS) is 28.0. The maximum atomic E-state index is 11.6. The average Bonchev–Trinajstić information content (AvgIpc) is 2.59. The van der Waals surface area contributed by atoms with E-state index in [2.05, 4.69) is 19.2 Å². The molecule has 3 atom stereocenters. The molecular weight excluding hydrogens is 238 g/mol. The van der Waals surface area contributed by atoms with Crippen molar-refractivity contribution in [3.63, 3.8) is 0 Å². The third-order valence-electron chi connectivity index (χ3n) is 3.56. The molecule has 0 saturated heterocycles. The Bertz CT molecular complexity index is 283. The largest absolute Gasteiger partial charge is 0.481 e. The van der Waals surface area contributed by atoms with Gasteiger partial charge >= 0.3 is 5.97 Å². The van der Waals surface area contributed by atoms with Gasteiger partial charge in [0.1, 0.15) is 0 Å². The van der Waals surface area contributed by atoms with E-state index in [0.29, 0.717) is 11.8 Å². The van der Waals surface area contributed by atoms with Crippen molar-refractivity contribution in [2.45, 2.75) is 39.2 Å². The second-order valence-electron chi connectivity index (χ2n) is 4.67. The molecule has 1 amide bonds. The predicted octanol–water partition coefficient (Wildman–Crippen LogP) is 1.75. The number of carboxylic acids is 1. The van der Waals surface area contributed by atoms with Gasteiger partial charge in [0.15, 0.2) is 0 Å². The Morgan fingerprint density at radius 2 is 2.06 bits per heavy atom. The number of aliphatic carboxylic acids is 1. The van der Waals surface area contributed by atoms with Crippen LogP contribution in [0.4, 0.5) is 0 Å². The molecule has 0 aliphatic heterocycles. The van der Waals surface area contributed by atoms with E-state index in [1.54, 1.807) is 0 Å². The fraction of sp³-hybridized carbons (Fsp3) is 0.833. The maximum Gasteiger partial charge on any atom is 0.313 e. The van der Waals surface area contributed by atoms with Gasteiger partial charge in [0.05, 0.1) is 11.5 Å². The summed E-state index contributed by atoms with van der Waals surface area (Å²) in [6, 6.07) is 0.276. The Morgan fingerprint density at radius 3 is 2.59 bits per heavy atom. The number of hydrogen-bond donors (Lipinski definition) is 2. The van der Waals surface area contributed by atoms with Crippen LogP contribution in [-0.4, -0.2) is 34.5 Å². The van der Waals surface area contributed by atoms with E-state index in [4.69, 9.17) is 5.11 Å². The fourth-order valence-corrected chi connectivity index (χ4v) is 3.05. The van der Waals surface area contributed by atoms with Gasteiger partial charge in [-0.2, -0.15) is 0 Å². The molecule has 1 aliphatic rings. The van der Waals surface area contributed by atoms with Crippen LogP contribution in [0.3, 0.4) is 0 Å². The summed E-state index contributed by atoms with van der Waals surface area (Å²) in [5, 5.41) is 11.5. The molecule has 0 bridgehead atoms. The zero-order valence-corrected chi connectivity index (χ0v) is 11.3. The minimum atomic E-state index is -0.872. The minimum Gasteiger partial charge on any atom is -0.481 e. The van der Waals surface area contributed by atoms with Crippen molar-refractivity contribution in [2.75, 3.05) is 11.5 Å². The maximum absolute atomic E-state index is 11.6. The summed E-state index contributed by atoms with van der Waals surface area (Å²) in [4.78, 5) is 21.9. The molecule has 0 aromatic carbocycles. The lowest BCUT2D eigenvalue weighted by atomic mass is 9.93. The Balaban J connectivity index is 2.25. The van der Waals surface area contributed by atoms with E-state index in [1.165, 1.54) is 12.8 Å². The van der Waals surface area contributed by atoms with Gasteiger partial charge in [-0.05, 0) is 24.7 Å². The van der Waals surface area contributed by atoms with E-state index >= 15 is 0 Å². The zero-order chi connectivity index (χ0) is 12.8. The number of nitrogens with one attached hydrogen (secondary N) is 1. The molecule has 0 radical (unpaired) electrons. The molecule has 98 valence electrons. The van der Waals surface area contributed by atoms with Crippen LogP contribution < -0.4 is 5.32 Å². The van der Waals surface area contributed by atoms with Gasteiger partial charge in [0.2, 0.25) is 5.91 Å². The highest BCUT2D eigenvalue weighted by molar-refractivity contribution is 8.00. The number of thioether (sulfide) groups is 1. The molecule has 17 heavy (non-hydrogen) atoms. The van der Waals surface area contributed by atoms with E-state index in [1.807, 2.05) is 0 Å². The van der Waals surface area contributed by atoms with E-state index < -0.39 is 5.97 Å². The average molecular weight is 259 g/mol. The second-order valence-corrected chi connectivity index (χ2v) is 5.65. The number of rotatable bonds is 6. The molecule has 1 fully saturated rings. The first-order valence-corrected chi connectivity index (χ1v) is 7.29. The predicted molar refractivity (Wildman–Crippen MR) is 69.1 cm³/mol. The van der Waals surface area contributed by atoms with Crippen LogP contribution in [0.2, 0.25) is 0 Å². The first kappa shape index (κ1) is 14.4. The Hall–Kier alpha value is -0.710. The first-order valence-electron chi connectivity index (χ1n) is 6.13. The van der Waals surface area contributed by atoms with Crippen LogP contribution in [0.1, 0.15) is 33.1 Å². The minimum absolute atomic E-state index is 0.00871. The molecule has 1 aliphatic carbocycles. The molecule has 1 saturated carbocycles. The Labute approximate surface area is 107 Å². The summed E-state index contributed by atoms with van der Waals surface area (Å²) < 4.78 is 0. The lowest BCUT2D eigenvalue weighted by Crippen LogP contribution is -2.38. The molecule has 0 aromatic rings. The van der Waals surface area contributed by atoms with Crippen molar-refractivity contribution in [2.24, 2.45) is 11.8 Å². The molecule has 3 unspecified atom stereocenters. The van der Waals surface area contributed by atoms with E-state index in [9.17, 15) is 9.59 Å². The third-order valence-corrected chi connectivity index (χ3v) is 4.47. The smallest absolute Gasteiger partial charge is 0.313 e. The topological polar surface area (TPSA) is 66.4 Å². The first-order chi connectivity index (χ1) is 8.04. The summed E-state index contributed by atoms with van der Waals surface area (Å²) in [6.45, 7) is 4.38. The summed E-state index contributed by atoms with van der Waals surface area (Å²) in [5.41, 5.74) is 0. The van der Waals surface area contributed by atoms with Crippen LogP contribution in [0.15, 0.2) is 0 Å². The van der Waals surface area contributed by atoms with E-state index in [-0.39, 0.29) is 23.5 Å². The lowest BCUT2D eigenvalue weighted by molar-refractivity contribution is -0.133. The van der Waals surface area contributed by atoms with Crippen LogP contribution in [-0.2, 0) is 9.59 Å². The zero-order valence-electron chi connectivity index (χ0n) is 10.4. The van der Waals surface area contributed by atoms with Crippen LogP contribution >= 0.6 is 11.8 Å². The van der Waals surface area contributed by atoms with E-state index in [0.717, 1.165) is 18.2 Å². The van der Waals surface area contributed by atoms with Crippen LogP contribution in [0.25, 0.3) is 0 Å². The van der Waals surface area contributed by atoms with Gasteiger partial charge in [-0.3, -0.25) is 9.59 Å². The van der Waals surface area contributed by atoms with Crippen molar-refractivity contribution in [3.05, 3.63) is 0 Å². The number of carbonyl (C=O) groups is 2. The van der Waals surface area contributed by atoms with Gasteiger partial charge in [-0.25, -0.2) is 0 Å². The Kier molecular flexibility index (Phi) is 5.82. The molecule has 1 rings (SSSR count). The second kappa shape index (κ2) is 6.89. The SMILES string of the molecule is CCC1CCC(NC(=O)CSCC(=O)O)C1C. The fourth-order valence-electron chi connectivity index (χ4n) is 2.51. The highest BCUT2D eigenvalue weighted by atomic mass is 32.2. The van der Waals surface area contributed by atoms with Crippen molar-refractivity contribution < 1.29 is 14.7 Å². The standard InChI is InChI=1S/C12H21NO3S/c1-3-9-4-5-10(8(9)2)13-11(14)6-17-7-12(15)16/h8-10H,3-7H2,1-2H3,(H,13,14)(H,15,16). The molecule has 4 nitrogen and oxygen atoms in total. The van der Waals surface area contributed by atoms with Gasteiger partial charge in [-0.15, -0.1) is 11.8 Å². The number of carbonyl (C=O) groups excluding carboxylic acids is 1. The Morgan fingerprint density at radius 1 is 1.35 bits per heavy atom. The number of carboxylic acid groups (broad SMARTS) is 1. The highest BCUT2D eigenvalue weighted by Gasteiger charge is 2.32. The molecule has 0 spiro atoms. The molecule has 2 N–H and O–H groups in total. The summed E-state index contributed by atoms with van der Waals surface area (Å²) >= 11 is 1.15. The quantitative estimate of drug-likeness (QED) is 0.762. The summed E-state index contributed by atoms with van der Waals surface area (Å²) in [6.07, 6.45) is 3.40. The number of hydrogen-bond acceptors (Lipinski definition) is 3. The third kappa shape index (κ3) is 4.58. The van der Waals surface area contributed by atoms with Crippen LogP contribution in [0.5, 0.6) is 0 Å². The lowest BCUT2D eigenvalue weighted by Gasteiger charge is -2.20. The molecular formula is C12H21NO3S. The van der Waals surface area contributed by atoms with Gasteiger partial charge < -0.3 is 10.4 Å². The summed E-state index contributed by atoms with van der Waals surface area (Å²) in [5.74, 6) is 0.575. The van der Waals surface area contributed by atoms with Crippen molar-refractivity contribution in [3.8, 4) is 0 Å². The van der Waals surface area contributed by atoms with Gasteiger partial charge in [0.25, 0.3) is 0 Å². The molecule has 5 heteroatoms. The van der Waals surface area contributed by atoms with Crippen molar-refractivity contribution in [1.29, 1.82) is 0 Å². The van der Waals surface area contributed by atoms with Crippen LogP contribution in [0, 0.1) is 11.8 Å².